The number of rotatable bonds is 9. The lowest BCUT2D eigenvalue weighted by atomic mass is 10.1. The second-order valence-electron chi connectivity index (χ2n) is 9.29. The van der Waals surface area contributed by atoms with Crippen molar-refractivity contribution in [3.63, 3.8) is 0 Å². The Bertz CT molecular complexity index is 1100. The van der Waals surface area contributed by atoms with Crippen LogP contribution in [0.2, 0.25) is 0 Å². The third kappa shape index (κ3) is 5.50. The molecule has 2 N–H and O–H groups in total. The quantitative estimate of drug-likeness (QED) is 0.380. The summed E-state index contributed by atoms with van der Waals surface area (Å²) in [5, 5.41) is 4.40. The zero-order valence-corrected chi connectivity index (χ0v) is 21.3. The Balaban J connectivity index is 1.50. The van der Waals surface area contributed by atoms with Crippen LogP contribution in [0.1, 0.15) is 52.0 Å². The van der Waals surface area contributed by atoms with Crippen LogP contribution in [0.4, 0.5) is 11.5 Å². The zero-order chi connectivity index (χ0) is 23.9. The highest BCUT2D eigenvalue weighted by molar-refractivity contribution is 5.91. The van der Waals surface area contributed by atoms with E-state index in [1.165, 1.54) is 62.8 Å². The van der Waals surface area contributed by atoms with Gasteiger partial charge >= 0.3 is 0 Å². The maximum atomic E-state index is 4.58. The molecular weight excluding hydrogens is 420 g/mol. The van der Waals surface area contributed by atoms with Crippen LogP contribution in [0.5, 0.6) is 0 Å². The summed E-state index contributed by atoms with van der Waals surface area (Å²) in [6.45, 7) is 12.3. The maximum Gasteiger partial charge on any atom is 0.152 e. The van der Waals surface area contributed by atoms with Gasteiger partial charge in [-0.25, -0.2) is 4.98 Å². The molecule has 34 heavy (non-hydrogen) atoms. The van der Waals surface area contributed by atoms with Crippen molar-refractivity contribution in [3.05, 3.63) is 42.1 Å². The van der Waals surface area contributed by atoms with Crippen molar-refractivity contribution >= 4 is 28.6 Å². The molecule has 0 amide bonds. The summed E-state index contributed by atoms with van der Waals surface area (Å²) in [6, 6.07) is 11.9. The molecule has 1 atom stereocenters. The average Bonchev–Trinajstić information content (AvgIpc) is 3.14. The zero-order valence-electron chi connectivity index (χ0n) is 21.3. The number of pyridine rings is 1. The molecule has 2 aromatic heterocycles. The first-order valence-corrected chi connectivity index (χ1v) is 12.9. The van der Waals surface area contributed by atoms with Gasteiger partial charge in [0.1, 0.15) is 5.69 Å². The SMILES string of the molecule is CC=Nc1c(-c2cc3cc(CN4CCCC(N(CC)CCC)CC4)ccc3[nH]2)ccnc1NC. The van der Waals surface area contributed by atoms with Gasteiger partial charge in [0.25, 0.3) is 0 Å². The fourth-order valence-corrected chi connectivity index (χ4v) is 5.35. The molecule has 6 heteroatoms. The predicted molar refractivity (Wildman–Crippen MR) is 145 cm³/mol. The third-order valence-electron chi connectivity index (χ3n) is 7.02. The van der Waals surface area contributed by atoms with Gasteiger partial charge in [0.05, 0.1) is 0 Å². The lowest BCUT2D eigenvalue weighted by Crippen LogP contribution is -2.36. The number of anilines is 1. The van der Waals surface area contributed by atoms with Crippen molar-refractivity contribution in [3.8, 4) is 11.3 Å². The Hall–Kier alpha value is -2.70. The van der Waals surface area contributed by atoms with Crippen molar-refractivity contribution in [2.24, 2.45) is 4.99 Å². The van der Waals surface area contributed by atoms with E-state index in [1.54, 1.807) is 0 Å². The number of aromatic nitrogens is 2. The van der Waals surface area contributed by atoms with Crippen LogP contribution in [0.15, 0.2) is 41.5 Å². The van der Waals surface area contributed by atoms with Crippen molar-refractivity contribution in [1.82, 2.24) is 19.8 Å². The van der Waals surface area contributed by atoms with Gasteiger partial charge in [0.2, 0.25) is 0 Å². The minimum Gasteiger partial charge on any atom is -0.371 e. The van der Waals surface area contributed by atoms with Crippen molar-refractivity contribution < 1.29 is 0 Å². The van der Waals surface area contributed by atoms with Gasteiger partial charge in [-0.3, -0.25) is 9.89 Å². The lowest BCUT2D eigenvalue weighted by Gasteiger charge is -2.29. The molecule has 1 saturated heterocycles. The molecule has 1 aliphatic heterocycles. The highest BCUT2D eigenvalue weighted by Gasteiger charge is 2.21. The Morgan fingerprint density at radius 1 is 1.21 bits per heavy atom. The van der Waals surface area contributed by atoms with Gasteiger partial charge in [0.15, 0.2) is 5.82 Å². The van der Waals surface area contributed by atoms with Crippen LogP contribution in [0.25, 0.3) is 22.2 Å². The maximum absolute atomic E-state index is 4.58. The van der Waals surface area contributed by atoms with Crippen LogP contribution in [0.3, 0.4) is 0 Å². The van der Waals surface area contributed by atoms with Crippen LogP contribution >= 0.6 is 0 Å². The highest BCUT2D eigenvalue weighted by atomic mass is 15.2. The van der Waals surface area contributed by atoms with Crippen LogP contribution in [-0.2, 0) is 6.54 Å². The van der Waals surface area contributed by atoms with Gasteiger partial charge in [-0.15, -0.1) is 0 Å². The van der Waals surface area contributed by atoms with E-state index in [2.05, 4.69) is 68.2 Å². The van der Waals surface area contributed by atoms with E-state index >= 15 is 0 Å². The number of nitrogens with zero attached hydrogens (tertiary/aromatic N) is 4. The number of benzene rings is 1. The molecule has 1 aliphatic rings. The molecule has 0 spiro atoms. The monoisotopic (exact) mass is 460 g/mol. The first-order valence-electron chi connectivity index (χ1n) is 12.9. The summed E-state index contributed by atoms with van der Waals surface area (Å²) >= 11 is 0. The van der Waals surface area contributed by atoms with Gasteiger partial charge in [-0.2, -0.15) is 0 Å². The van der Waals surface area contributed by atoms with E-state index in [0.717, 1.165) is 40.9 Å². The largest absolute Gasteiger partial charge is 0.371 e. The minimum atomic E-state index is 0.743. The highest BCUT2D eigenvalue weighted by Crippen LogP contribution is 2.36. The summed E-state index contributed by atoms with van der Waals surface area (Å²) in [5.41, 5.74) is 5.53. The minimum absolute atomic E-state index is 0.743. The molecular formula is C28H40N6. The third-order valence-corrected chi connectivity index (χ3v) is 7.02. The summed E-state index contributed by atoms with van der Waals surface area (Å²) < 4.78 is 0. The number of aromatic amines is 1. The second-order valence-corrected chi connectivity index (χ2v) is 9.29. The van der Waals surface area contributed by atoms with Crippen molar-refractivity contribution in [1.29, 1.82) is 0 Å². The molecule has 0 bridgehead atoms. The van der Waals surface area contributed by atoms with E-state index in [4.69, 9.17) is 0 Å². The van der Waals surface area contributed by atoms with Gasteiger partial charge in [-0.05, 0) is 88.6 Å². The number of fused-ring (bicyclic) bond motifs is 1. The van der Waals surface area contributed by atoms with E-state index < -0.39 is 0 Å². The molecule has 3 heterocycles. The molecule has 182 valence electrons. The smallest absolute Gasteiger partial charge is 0.152 e. The fraction of sp³-hybridized carbons (Fsp3) is 0.500. The molecule has 0 saturated carbocycles. The fourth-order valence-electron chi connectivity index (χ4n) is 5.35. The number of hydrogen-bond acceptors (Lipinski definition) is 5. The molecule has 0 radical (unpaired) electrons. The summed E-state index contributed by atoms with van der Waals surface area (Å²) in [5.74, 6) is 0.787. The molecule has 1 unspecified atom stereocenters. The van der Waals surface area contributed by atoms with Gasteiger partial charge < -0.3 is 15.2 Å². The van der Waals surface area contributed by atoms with E-state index in [0.29, 0.717) is 0 Å². The molecule has 4 rings (SSSR count). The number of nitrogens with one attached hydrogen (secondary N) is 2. The predicted octanol–water partition coefficient (Wildman–Crippen LogP) is 6.08. The Labute approximate surface area is 204 Å². The summed E-state index contributed by atoms with van der Waals surface area (Å²) in [6.07, 6.45) is 8.79. The number of hydrogen-bond donors (Lipinski definition) is 2. The summed E-state index contributed by atoms with van der Waals surface area (Å²) in [4.78, 5) is 17.9. The molecule has 1 aromatic carbocycles. The number of aliphatic imine (C=N–C) groups is 1. The van der Waals surface area contributed by atoms with E-state index in [1.807, 2.05) is 32.4 Å². The van der Waals surface area contributed by atoms with Crippen molar-refractivity contribution in [2.45, 2.75) is 59.0 Å². The van der Waals surface area contributed by atoms with Crippen LogP contribution in [0, 0.1) is 0 Å². The van der Waals surface area contributed by atoms with E-state index in [-0.39, 0.29) is 0 Å². The first-order chi connectivity index (χ1) is 16.7. The molecule has 0 aliphatic carbocycles. The molecule has 3 aromatic rings. The molecule has 6 nitrogen and oxygen atoms in total. The standard InChI is InChI=1S/C28H40N6/c1-5-15-34(7-3)23-9-8-16-33(17-13-23)20-21-10-11-25-22(18-21)19-26(32-25)24-12-14-31-28(29-4)27(24)30-6-2/h6,10-12,14,18-19,23,32H,5,7-9,13,15-17,20H2,1-4H3,(H,29,31). The Morgan fingerprint density at radius 3 is 2.85 bits per heavy atom. The molecule has 1 fully saturated rings. The normalized spacial score (nSPS) is 17.6. The Morgan fingerprint density at radius 2 is 2.09 bits per heavy atom. The van der Waals surface area contributed by atoms with Crippen molar-refractivity contribution in [2.75, 3.05) is 38.5 Å². The number of H-pyrrole nitrogens is 1. The summed E-state index contributed by atoms with van der Waals surface area (Å²) in [7, 11) is 1.88. The van der Waals surface area contributed by atoms with Crippen LogP contribution in [-0.4, -0.2) is 65.3 Å². The van der Waals surface area contributed by atoms with Gasteiger partial charge in [0, 0.05) is 54.2 Å². The topological polar surface area (TPSA) is 59.5 Å². The second kappa shape index (κ2) is 11.6. The first kappa shape index (κ1) is 24.4. The van der Waals surface area contributed by atoms with E-state index in [9.17, 15) is 0 Å². The van der Waals surface area contributed by atoms with Crippen LogP contribution < -0.4 is 5.32 Å². The number of likely N-dealkylation sites (tertiary alicyclic amines) is 1. The van der Waals surface area contributed by atoms with Gasteiger partial charge in [-0.1, -0.05) is 19.9 Å². The average molecular weight is 461 g/mol. The Kier molecular flexibility index (Phi) is 8.35. The lowest BCUT2D eigenvalue weighted by molar-refractivity contribution is 0.184.